The van der Waals surface area contributed by atoms with Gasteiger partial charge in [0.1, 0.15) is 5.82 Å². The third-order valence-corrected chi connectivity index (χ3v) is 2.74. The van der Waals surface area contributed by atoms with Gasteiger partial charge in [0.2, 0.25) is 0 Å². The predicted octanol–water partition coefficient (Wildman–Crippen LogP) is 2.58. The molecule has 0 spiro atoms. The summed E-state index contributed by atoms with van der Waals surface area (Å²) in [6.07, 6.45) is 4.13. The number of carboxylic acids is 1. The number of aromatic nitrogens is 2. The highest BCUT2D eigenvalue weighted by Crippen LogP contribution is 2.14. The maximum Gasteiger partial charge on any atom is 0.337 e. The van der Waals surface area contributed by atoms with Crippen LogP contribution in [0, 0.1) is 0 Å². The monoisotopic (exact) mass is 336 g/mol. The first-order valence-electron chi connectivity index (χ1n) is 5.43. The van der Waals surface area contributed by atoms with Gasteiger partial charge in [0, 0.05) is 16.9 Å². The number of halogens is 1. The average Bonchev–Trinajstić information content (AvgIpc) is 2.41. The third kappa shape index (κ3) is 3.51. The second kappa shape index (κ2) is 6.11. The molecule has 3 N–H and O–H groups in total. The van der Waals surface area contributed by atoms with E-state index in [-0.39, 0.29) is 11.3 Å². The van der Waals surface area contributed by atoms with E-state index >= 15 is 0 Å². The van der Waals surface area contributed by atoms with Crippen LogP contribution in [0.2, 0.25) is 0 Å². The van der Waals surface area contributed by atoms with Crippen LogP contribution < -0.4 is 10.6 Å². The number of urea groups is 1. The Morgan fingerprint density at radius 2 is 1.95 bits per heavy atom. The molecule has 0 saturated heterocycles. The fourth-order valence-electron chi connectivity index (χ4n) is 1.40. The number of rotatable bonds is 3. The van der Waals surface area contributed by atoms with E-state index in [4.69, 9.17) is 5.11 Å². The highest BCUT2D eigenvalue weighted by molar-refractivity contribution is 9.10. The Labute approximate surface area is 122 Å². The highest BCUT2D eigenvalue weighted by atomic mass is 79.9. The zero-order valence-corrected chi connectivity index (χ0v) is 11.6. The first kappa shape index (κ1) is 13.9. The summed E-state index contributed by atoms with van der Waals surface area (Å²) in [5.41, 5.74) is 0.0635. The van der Waals surface area contributed by atoms with Gasteiger partial charge in [-0.3, -0.25) is 10.3 Å². The van der Waals surface area contributed by atoms with E-state index in [1.165, 1.54) is 24.7 Å². The van der Waals surface area contributed by atoms with Gasteiger partial charge in [-0.1, -0.05) is 0 Å². The van der Waals surface area contributed by atoms with Crippen molar-refractivity contribution in [1.29, 1.82) is 0 Å². The summed E-state index contributed by atoms with van der Waals surface area (Å²) >= 11 is 3.23. The van der Waals surface area contributed by atoms with Gasteiger partial charge in [-0.2, -0.15) is 0 Å². The molecule has 20 heavy (non-hydrogen) atoms. The fourth-order valence-corrected chi connectivity index (χ4v) is 1.63. The van der Waals surface area contributed by atoms with Gasteiger partial charge in [-0.25, -0.2) is 14.6 Å². The molecule has 2 amide bonds. The molecule has 2 aromatic heterocycles. The lowest BCUT2D eigenvalue weighted by Crippen LogP contribution is -2.21. The van der Waals surface area contributed by atoms with Crippen molar-refractivity contribution in [2.75, 3.05) is 10.6 Å². The molecule has 0 aliphatic rings. The van der Waals surface area contributed by atoms with E-state index in [0.29, 0.717) is 5.82 Å². The number of carboxylic acid groups (broad SMARTS) is 1. The van der Waals surface area contributed by atoms with E-state index in [0.717, 1.165) is 4.47 Å². The highest BCUT2D eigenvalue weighted by Gasteiger charge is 2.12. The van der Waals surface area contributed by atoms with Gasteiger partial charge in [-0.05, 0) is 34.1 Å². The molecular weight excluding hydrogens is 328 g/mol. The molecule has 8 heteroatoms. The molecular formula is C12H9BrN4O3. The summed E-state index contributed by atoms with van der Waals surface area (Å²) in [6, 6.07) is 4.02. The van der Waals surface area contributed by atoms with Crippen LogP contribution in [-0.4, -0.2) is 27.1 Å². The number of amides is 2. The van der Waals surface area contributed by atoms with Crippen LogP contribution >= 0.6 is 15.9 Å². The maximum atomic E-state index is 11.7. The summed E-state index contributed by atoms with van der Waals surface area (Å²) in [6.45, 7) is 0. The van der Waals surface area contributed by atoms with Crippen LogP contribution in [0.15, 0.2) is 41.3 Å². The molecule has 0 radical (unpaired) electrons. The van der Waals surface area contributed by atoms with Gasteiger partial charge >= 0.3 is 12.0 Å². The summed E-state index contributed by atoms with van der Waals surface area (Å²) in [7, 11) is 0. The van der Waals surface area contributed by atoms with E-state index in [2.05, 4.69) is 36.5 Å². The second-order valence-corrected chi connectivity index (χ2v) is 4.58. The molecule has 0 saturated carbocycles. The standard InChI is InChI=1S/C12H9BrN4O3/c13-7-1-2-10(15-5-7)17-12(20)16-9-6-14-4-3-8(9)11(18)19/h1-6H,(H,18,19)(H2,15,16,17,20). The second-order valence-electron chi connectivity index (χ2n) is 3.67. The number of nitrogens with one attached hydrogen (secondary N) is 2. The molecule has 0 fully saturated rings. The van der Waals surface area contributed by atoms with Gasteiger partial charge in [0.25, 0.3) is 0 Å². The first-order valence-corrected chi connectivity index (χ1v) is 6.22. The molecule has 0 unspecified atom stereocenters. The van der Waals surface area contributed by atoms with E-state index in [1.54, 1.807) is 12.1 Å². The van der Waals surface area contributed by atoms with Gasteiger partial charge in [0.15, 0.2) is 0 Å². The number of anilines is 2. The summed E-state index contributed by atoms with van der Waals surface area (Å²) in [5, 5.41) is 13.9. The number of pyridine rings is 2. The summed E-state index contributed by atoms with van der Waals surface area (Å²) < 4.78 is 0.781. The quantitative estimate of drug-likeness (QED) is 0.799. The lowest BCUT2D eigenvalue weighted by molar-refractivity contribution is 0.0698. The molecule has 2 rings (SSSR count). The largest absolute Gasteiger partial charge is 0.478 e. The lowest BCUT2D eigenvalue weighted by atomic mass is 10.2. The number of carbonyl (C=O) groups is 2. The number of hydrogen-bond donors (Lipinski definition) is 3. The smallest absolute Gasteiger partial charge is 0.337 e. The SMILES string of the molecule is O=C(Nc1ccc(Br)cn1)Nc1cnccc1C(=O)O. The average molecular weight is 337 g/mol. The van der Waals surface area contributed by atoms with Crippen molar-refractivity contribution in [3.63, 3.8) is 0 Å². The molecule has 102 valence electrons. The fraction of sp³-hybridized carbons (Fsp3) is 0. The molecule has 2 aromatic rings. The van der Waals surface area contributed by atoms with Crippen molar-refractivity contribution in [3.8, 4) is 0 Å². The summed E-state index contributed by atoms with van der Waals surface area (Å²) in [4.78, 5) is 30.5. The Morgan fingerprint density at radius 3 is 2.60 bits per heavy atom. The Kier molecular flexibility index (Phi) is 4.26. The van der Waals surface area contributed by atoms with Crippen molar-refractivity contribution in [2.45, 2.75) is 0 Å². The Morgan fingerprint density at radius 1 is 1.15 bits per heavy atom. The molecule has 7 nitrogen and oxygen atoms in total. The number of nitrogens with zero attached hydrogens (tertiary/aromatic N) is 2. The number of carbonyl (C=O) groups excluding carboxylic acids is 1. The molecule has 0 aromatic carbocycles. The van der Waals surface area contributed by atoms with Crippen molar-refractivity contribution in [1.82, 2.24) is 9.97 Å². The van der Waals surface area contributed by atoms with Crippen LogP contribution in [0.1, 0.15) is 10.4 Å². The van der Waals surface area contributed by atoms with Crippen molar-refractivity contribution in [3.05, 3.63) is 46.8 Å². The van der Waals surface area contributed by atoms with E-state index < -0.39 is 12.0 Å². The lowest BCUT2D eigenvalue weighted by Gasteiger charge is -2.08. The van der Waals surface area contributed by atoms with Crippen LogP contribution in [0.3, 0.4) is 0 Å². The molecule has 0 bridgehead atoms. The van der Waals surface area contributed by atoms with Crippen LogP contribution in [0.4, 0.5) is 16.3 Å². The van der Waals surface area contributed by atoms with Crippen LogP contribution in [-0.2, 0) is 0 Å². The van der Waals surface area contributed by atoms with Gasteiger partial charge < -0.3 is 10.4 Å². The zero-order chi connectivity index (χ0) is 14.5. The minimum Gasteiger partial charge on any atom is -0.478 e. The van der Waals surface area contributed by atoms with Crippen molar-refractivity contribution < 1.29 is 14.7 Å². The van der Waals surface area contributed by atoms with Crippen molar-refractivity contribution >= 4 is 39.4 Å². The Hall–Kier alpha value is -2.48. The molecule has 2 heterocycles. The third-order valence-electron chi connectivity index (χ3n) is 2.27. The normalized spacial score (nSPS) is 9.85. The van der Waals surface area contributed by atoms with E-state index in [1.807, 2.05) is 0 Å². The molecule has 0 aliphatic carbocycles. The number of hydrogen-bond acceptors (Lipinski definition) is 4. The van der Waals surface area contributed by atoms with Crippen LogP contribution in [0.5, 0.6) is 0 Å². The van der Waals surface area contributed by atoms with Gasteiger partial charge in [0.05, 0.1) is 17.4 Å². The maximum absolute atomic E-state index is 11.7. The molecule has 0 aliphatic heterocycles. The van der Waals surface area contributed by atoms with Crippen LogP contribution in [0.25, 0.3) is 0 Å². The molecule has 0 atom stereocenters. The Bertz CT molecular complexity index is 645. The van der Waals surface area contributed by atoms with E-state index in [9.17, 15) is 9.59 Å². The van der Waals surface area contributed by atoms with Gasteiger partial charge in [-0.15, -0.1) is 0 Å². The van der Waals surface area contributed by atoms with Crippen molar-refractivity contribution in [2.24, 2.45) is 0 Å². The Balaban J connectivity index is 2.08. The zero-order valence-electron chi connectivity index (χ0n) is 10.0. The number of aromatic carboxylic acids is 1. The minimum atomic E-state index is -1.15. The minimum absolute atomic E-state index is 0.0427. The summed E-state index contributed by atoms with van der Waals surface area (Å²) in [5.74, 6) is -0.809. The predicted molar refractivity (Wildman–Crippen MR) is 75.8 cm³/mol. The topological polar surface area (TPSA) is 104 Å². The first-order chi connectivity index (χ1) is 9.56.